The molecular formula is C14H20N2O4. The lowest BCUT2D eigenvalue weighted by Crippen LogP contribution is -2.31. The first-order valence-corrected chi connectivity index (χ1v) is 6.55. The van der Waals surface area contributed by atoms with Gasteiger partial charge in [0.05, 0.1) is 17.6 Å². The number of methoxy groups -OCH3 is 1. The summed E-state index contributed by atoms with van der Waals surface area (Å²) in [6.45, 7) is 4.06. The van der Waals surface area contributed by atoms with E-state index in [1.54, 1.807) is 7.05 Å². The number of hydrogen-bond donors (Lipinski definition) is 0. The first-order chi connectivity index (χ1) is 9.46. The number of carbonyl (C=O) groups excluding carboxylic acids is 1. The Morgan fingerprint density at radius 2 is 2.00 bits per heavy atom. The second-order valence-corrected chi connectivity index (χ2v) is 4.53. The molecule has 0 radical (unpaired) electrons. The zero-order chi connectivity index (χ0) is 15.3. The number of benzene rings is 1. The predicted octanol–water partition coefficient (Wildman–Crippen LogP) is 3.01. The Labute approximate surface area is 118 Å². The molecule has 20 heavy (non-hydrogen) atoms. The monoisotopic (exact) mass is 280 g/mol. The smallest absolute Gasteiger partial charge is 0.337 e. The first-order valence-electron chi connectivity index (χ1n) is 6.55. The molecule has 1 aromatic rings. The van der Waals surface area contributed by atoms with E-state index in [1.807, 2.05) is 18.7 Å². The van der Waals surface area contributed by atoms with Crippen molar-refractivity contribution >= 4 is 17.3 Å². The summed E-state index contributed by atoms with van der Waals surface area (Å²) >= 11 is 0. The normalized spacial score (nSPS) is 10.4. The van der Waals surface area contributed by atoms with Crippen LogP contribution in [0.2, 0.25) is 0 Å². The molecule has 0 aromatic heterocycles. The first kappa shape index (κ1) is 15.9. The Kier molecular flexibility index (Phi) is 5.49. The maximum absolute atomic E-state index is 11.6. The van der Waals surface area contributed by atoms with Crippen LogP contribution in [0.5, 0.6) is 0 Å². The fourth-order valence-corrected chi connectivity index (χ4v) is 2.24. The molecule has 0 unspecified atom stereocenters. The second kappa shape index (κ2) is 6.88. The molecule has 0 saturated heterocycles. The number of anilines is 1. The van der Waals surface area contributed by atoms with Crippen LogP contribution >= 0.6 is 0 Å². The summed E-state index contributed by atoms with van der Waals surface area (Å²) in [6.07, 6.45) is 1.74. The minimum Gasteiger partial charge on any atom is -0.465 e. The van der Waals surface area contributed by atoms with Gasteiger partial charge < -0.3 is 9.64 Å². The Morgan fingerprint density at radius 1 is 1.40 bits per heavy atom. The van der Waals surface area contributed by atoms with Crippen molar-refractivity contribution in [2.75, 3.05) is 19.1 Å². The van der Waals surface area contributed by atoms with Gasteiger partial charge in [-0.3, -0.25) is 10.1 Å². The fraction of sp³-hybridized carbons (Fsp3) is 0.500. The fourth-order valence-electron chi connectivity index (χ4n) is 2.24. The third kappa shape index (κ3) is 3.26. The maximum Gasteiger partial charge on any atom is 0.337 e. The van der Waals surface area contributed by atoms with Gasteiger partial charge in [0.15, 0.2) is 0 Å². The van der Waals surface area contributed by atoms with Gasteiger partial charge in [-0.25, -0.2) is 4.79 Å². The average molecular weight is 280 g/mol. The van der Waals surface area contributed by atoms with Crippen LogP contribution in [0.1, 0.15) is 37.0 Å². The lowest BCUT2D eigenvalue weighted by molar-refractivity contribution is -0.384. The molecule has 110 valence electrons. The number of rotatable bonds is 6. The molecule has 0 heterocycles. The van der Waals surface area contributed by atoms with Gasteiger partial charge in [-0.15, -0.1) is 0 Å². The summed E-state index contributed by atoms with van der Waals surface area (Å²) in [5.41, 5.74) is 0.740. The molecule has 6 nitrogen and oxygen atoms in total. The van der Waals surface area contributed by atoms with Crippen molar-refractivity contribution in [1.82, 2.24) is 0 Å². The number of nitro groups is 1. The summed E-state index contributed by atoms with van der Waals surface area (Å²) in [5.74, 6) is -0.501. The lowest BCUT2D eigenvalue weighted by atomic mass is 10.1. The molecule has 0 saturated carbocycles. The summed E-state index contributed by atoms with van der Waals surface area (Å²) in [4.78, 5) is 24.1. The number of carbonyl (C=O) groups is 1. The van der Waals surface area contributed by atoms with E-state index in [0.29, 0.717) is 11.3 Å². The van der Waals surface area contributed by atoms with Gasteiger partial charge in [0, 0.05) is 19.2 Å². The maximum atomic E-state index is 11.6. The van der Waals surface area contributed by atoms with Crippen molar-refractivity contribution < 1.29 is 14.5 Å². The van der Waals surface area contributed by atoms with Crippen LogP contribution in [-0.4, -0.2) is 31.1 Å². The molecule has 0 spiro atoms. The molecule has 0 N–H and O–H groups in total. The Hall–Kier alpha value is -2.11. The molecule has 0 bridgehead atoms. The standard InChI is InChI=1S/C14H20N2O4/c1-5-11(6-2)15(3)13-9-10(14(17)20-4)7-8-12(13)16(18)19/h7-9,11H,5-6H2,1-4H3. The van der Waals surface area contributed by atoms with Crippen molar-refractivity contribution in [2.45, 2.75) is 32.7 Å². The van der Waals surface area contributed by atoms with Crippen LogP contribution in [-0.2, 0) is 4.74 Å². The molecule has 0 aliphatic heterocycles. The van der Waals surface area contributed by atoms with E-state index in [2.05, 4.69) is 4.74 Å². The molecule has 6 heteroatoms. The highest BCUT2D eigenvalue weighted by Gasteiger charge is 2.23. The molecule has 1 aromatic carbocycles. The number of esters is 1. The van der Waals surface area contributed by atoms with Crippen LogP contribution in [0.15, 0.2) is 18.2 Å². The van der Waals surface area contributed by atoms with E-state index >= 15 is 0 Å². The van der Waals surface area contributed by atoms with Gasteiger partial charge in [0.25, 0.3) is 5.69 Å². The number of nitrogens with zero attached hydrogens (tertiary/aromatic N) is 2. The Balaban J connectivity index is 3.31. The predicted molar refractivity (Wildman–Crippen MR) is 77.2 cm³/mol. The van der Waals surface area contributed by atoms with E-state index in [0.717, 1.165) is 12.8 Å². The third-order valence-electron chi connectivity index (χ3n) is 3.46. The Bertz CT molecular complexity index is 498. The van der Waals surface area contributed by atoms with E-state index in [-0.39, 0.29) is 11.7 Å². The van der Waals surface area contributed by atoms with Crippen molar-refractivity contribution in [2.24, 2.45) is 0 Å². The molecular weight excluding hydrogens is 260 g/mol. The SMILES string of the molecule is CCC(CC)N(C)c1cc(C(=O)OC)ccc1[N+](=O)[O-]. The molecule has 0 atom stereocenters. The van der Waals surface area contributed by atoms with E-state index in [9.17, 15) is 14.9 Å². The molecule has 0 amide bonds. The molecule has 1 rings (SSSR count). The average Bonchev–Trinajstić information content (AvgIpc) is 2.46. The molecule has 0 aliphatic rings. The highest BCUT2D eigenvalue weighted by molar-refractivity contribution is 5.91. The summed E-state index contributed by atoms with van der Waals surface area (Å²) in [6, 6.07) is 4.46. The minimum atomic E-state index is -0.501. The topological polar surface area (TPSA) is 72.7 Å². The number of nitro benzene ring substituents is 1. The van der Waals surface area contributed by atoms with Gasteiger partial charge in [-0.05, 0) is 25.0 Å². The van der Waals surface area contributed by atoms with Crippen molar-refractivity contribution in [3.8, 4) is 0 Å². The second-order valence-electron chi connectivity index (χ2n) is 4.53. The van der Waals surface area contributed by atoms with E-state index in [1.165, 1.54) is 25.3 Å². The largest absolute Gasteiger partial charge is 0.465 e. The minimum absolute atomic E-state index is 0.00736. The lowest BCUT2D eigenvalue weighted by Gasteiger charge is -2.28. The van der Waals surface area contributed by atoms with Crippen molar-refractivity contribution in [3.63, 3.8) is 0 Å². The Morgan fingerprint density at radius 3 is 2.45 bits per heavy atom. The quantitative estimate of drug-likeness (QED) is 0.455. The highest BCUT2D eigenvalue weighted by Crippen LogP contribution is 2.31. The summed E-state index contributed by atoms with van der Waals surface area (Å²) < 4.78 is 4.66. The molecule has 0 aliphatic carbocycles. The van der Waals surface area contributed by atoms with Gasteiger partial charge >= 0.3 is 5.97 Å². The van der Waals surface area contributed by atoms with Crippen LogP contribution in [0, 0.1) is 10.1 Å². The van der Waals surface area contributed by atoms with Crippen LogP contribution in [0.3, 0.4) is 0 Å². The number of hydrogen-bond acceptors (Lipinski definition) is 5. The van der Waals surface area contributed by atoms with Gasteiger partial charge in [0.1, 0.15) is 5.69 Å². The zero-order valence-corrected chi connectivity index (χ0v) is 12.3. The number of ether oxygens (including phenoxy) is 1. The van der Waals surface area contributed by atoms with Gasteiger partial charge in [-0.2, -0.15) is 0 Å². The summed E-state index contributed by atoms with van der Waals surface area (Å²) in [5, 5.41) is 11.1. The third-order valence-corrected chi connectivity index (χ3v) is 3.46. The summed E-state index contributed by atoms with van der Waals surface area (Å²) in [7, 11) is 3.09. The van der Waals surface area contributed by atoms with Crippen LogP contribution in [0.4, 0.5) is 11.4 Å². The van der Waals surface area contributed by atoms with Crippen molar-refractivity contribution in [3.05, 3.63) is 33.9 Å². The van der Waals surface area contributed by atoms with Gasteiger partial charge in [-0.1, -0.05) is 13.8 Å². The van der Waals surface area contributed by atoms with Crippen molar-refractivity contribution in [1.29, 1.82) is 0 Å². The van der Waals surface area contributed by atoms with E-state index < -0.39 is 10.9 Å². The highest BCUT2D eigenvalue weighted by atomic mass is 16.6. The van der Waals surface area contributed by atoms with Gasteiger partial charge in [0.2, 0.25) is 0 Å². The molecule has 0 fully saturated rings. The van der Waals surface area contributed by atoms with Crippen LogP contribution in [0.25, 0.3) is 0 Å². The van der Waals surface area contributed by atoms with Crippen LogP contribution < -0.4 is 4.90 Å². The van der Waals surface area contributed by atoms with E-state index in [4.69, 9.17) is 0 Å². The zero-order valence-electron chi connectivity index (χ0n) is 12.3.